The Kier molecular flexibility index (Phi) is 6.71. The first-order valence-corrected chi connectivity index (χ1v) is 12.8. The molecule has 0 bridgehead atoms. The van der Waals surface area contributed by atoms with Gasteiger partial charge in [0.05, 0.1) is 10.5 Å². The van der Waals surface area contributed by atoms with E-state index in [2.05, 4.69) is 21.9 Å². The van der Waals surface area contributed by atoms with Gasteiger partial charge >= 0.3 is 0 Å². The summed E-state index contributed by atoms with van der Waals surface area (Å²) in [6.07, 6.45) is 1.99. The van der Waals surface area contributed by atoms with E-state index in [1.165, 1.54) is 0 Å². The quantitative estimate of drug-likeness (QED) is 0.723. The summed E-state index contributed by atoms with van der Waals surface area (Å²) >= 11 is 0. The largest absolute Gasteiger partial charge is 0.368 e. The van der Waals surface area contributed by atoms with E-state index in [9.17, 15) is 13.2 Å². The molecule has 2 fully saturated rings. The van der Waals surface area contributed by atoms with Crippen molar-refractivity contribution in [2.24, 2.45) is 5.92 Å². The third-order valence-corrected chi connectivity index (χ3v) is 7.93. The maximum Gasteiger partial charge on any atom is 0.262 e. The van der Waals surface area contributed by atoms with Crippen LogP contribution in [0.5, 0.6) is 0 Å². The van der Waals surface area contributed by atoms with Crippen LogP contribution in [0.3, 0.4) is 0 Å². The highest BCUT2D eigenvalue weighted by Crippen LogP contribution is 2.29. The molecule has 0 atom stereocenters. The molecule has 0 aliphatic carbocycles. The number of benzene rings is 2. The molecule has 32 heavy (non-hydrogen) atoms. The monoisotopic (exact) mass is 456 g/mol. The second kappa shape index (κ2) is 9.50. The van der Waals surface area contributed by atoms with Gasteiger partial charge in [-0.05, 0) is 55.5 Å². The summed E-state index contributed by atoms with van der Waals surface area (Å²) in [6.45, 7) is 8.80. The number of carbonyl (C=O) groups excluding carboxylic acids is 1. The summed E-state index contributed by atoms with van der Waals surface area (Å²) in [5.74, 6) is 0.598. The van der Waals surface area contributed by atoms with Gasteiger partial charge in [0.2, 0.25) is 0 Å². The highest BCUT2D eigenvalue weighted by molar-refractivity contribution is 7.92. The number of rotatable bonds is 5. The molecule has 0 radical (unpaired) electrons. The number of nitrogens with one attached hydrogen (secondary N) is 2. The molecule has 7 nitrogen and oxygen atoms in total. The minimum atomic E-state index is -3.75. The number of hydrogen-bond donors (Lipinski definition) is 2. The maximum atomic E-state index is 13.5. The SMILES string of the molecule is Cc1ccccc1S(=O)(=O)Nc1ccc(N2CCNCC2)c(C(=O)N2CCC(C)CC2)c1. The molecule has 0 saturated carbocycles. The predicted molar refractivity (Wildman–Crippen MR) is 128 cm³/mol. The Labute approximate surface area is 190 Å². The van der Waals surface area contributed by atoms with Gasteiger partial charge in [-0.15, -0.1) is 0 Å². The number of anilines is 2. The van der Waals surface area contributed by atoms with Gasteiger partial charge in [-0.25, -0.2) is 8.42 Å². The molecule has 2 aliphatic rings. The van der Waals surface area contributed by atoms with E-state index in [0.29, 0.717) is 22.7 Å². The third kappa shape index (κ3) is 4.91. The number of carbonyl (C=O) groups is 1. The van der Waals surface area contributed by atoms with Crippen molar-refractivity contribution in [1.82, 2.24) is 10.2 Å². The molecule has 8 heteroatoms. The van der Waals surface area contributed by atoms with Crippen molar-refractivity contribution in [2.75, 3.05) is 48.9 Å². The zero-order valence-corrected chi connectivity index (χ0v) is 19.6. The van der Waals surface area contributed by atoms with E-state index in [1.807, 2.05) is 17.0 Å². The summed E-state index contributed by atoms with van der Waals surface area (Å²) in [4.78, 5) is 17.9. The molecule has 0 aromatic heterocycles. The minimum Gasteiger partial charge on any atom is -0.368 e. The average Bonchev–Trinajstić information content (AvgIpc) is 2.79. The summed E-state index contributed by atoms with van der Waals surface area (Å²) in [6, 6.07) is 12.2. The van der Waals surface area contributed by atoms with Gasteiger partial charge in [0.15, 0.2) is 0 Å². The van der Waals surface area contributed by atoms with Crippen LogP contribution in [0.1, 0.15) is 35.7 Å². The van der Waals surface area contributed by atoms with Crippen LogP contribution < -0.4 is 14.9 Å². The Morgan fingerprint density at radius 1 is 1.03 bits per heavy atom. The molecule has 2 aromatic carbocycles. The van der Waals surface area contributed by atoms with Crippen LogP contribution in [0.2, 0.25) is 0 Å². The van der Waals surface area contributed by atoms with Crippen molar-refractivity contribution in [3.8, 4) is 0 Å². The lowest BCUT2D eigenvalue weighted by Crippen LogP contribution is -2.45. The van der Waals surface area contributed by atoms with E-state index < -0.39 is 10.0 Å². The molecule has 172 valence electrons. The Balaban J connectivity index is 1.66. The van der Waals surface area contributed by atoms with E-state index >= 15 is 0 Å². The third-order valence-electron chi connectivity index (χ3n) is 6.39. The number of hydrogen-bond acceptors (Lipinski definition) is 5. The van der Waals surface area contributed by atoms with Crippen LogP contribution in [-0.2, 0) is 10.0 Å². The number of sulfonamides is 1. The molecule has 2 aromatic rings. The van der Waals surface area contributed by atoms with Gasteiger partial charge in [0, 0.05) is 50.6 Å². The van der Waals surface area contributed by atoms with E-state index in [4.69, 9.17) is 0 Å². The molecule has 2 aliphatic heterocycles. The van der Waals surface area contributed by atoms with Crippen LogP contribution in [0.25, 0.3) is 0 Å². The Hall–Kier alpha value is -2.58. The van der Waals surface area contributed by atoms with Crippen LogP contribution in [-0.4, -0.2) is 58.5 Å². The highest BCUT2D eigenvalue weighted by atomic mass is 32.2. The van der Waals surface area contributed by atoms with Gasteiger partial charge < -0.3 is 15.1 Å². The second-order valence-electron chi connectivity index (χ2n) is 8.81. The van der Waals surface area contributed by atoms with Crippen molar-refractivity contribution in [2.45, 2.75) is 31.6 Å². The van der Waals surface area contributed by atoms with Gasteiger partial charge in [0.1, 0.15) is 0 Å². The normalized spacial score (nSPS) is 17.9. The van der Waals surface area contributed by atoms with Gasteiger partial charge in [-0.2, -0.15) is 0 Å². The Morgan fingerprint density at radius 2 is 1.72 bits per heavy atom. The number of likely N-dealkylation sites (tertiary alicyclic amines) is 1. The lowest BCUT2D eigenvalue weighted by molar-refractivity contribution is 0.0698. The van der Waals surface area contributed by atoms with Gasteiger partial charge in [-0.3, -0.25) is 9.52 Å². The van der Waals surface area contributed by atoms with Crippen LogP contribution in [0.4, 0.5) is 11.4 Å². The molecule has 0 spiro atoms. The Bertz CT molecular complexity index is 1070. The van der Waals surface area contributed by atoms with Crippen LogP contribution >= 0.6 is 0 Å². The number of nitrogens with zero attached hydrogens (tertiary/aromatic N) is 2. The summed E-state index contributed by atoms with van der Waals surface area (Å²) in [7, 11) is -3.75. The molecule has 2 N–H and O–H groups in total. The molecular formula is C24H32N4O3S. The fraction of sp³-hybridized carbons (Fsp3) is 0.458. The smallest absolute Gasteiger partial charge is 0.262 e. The zero-order valence-electron chi connectivity index (χ0n) is 18.8. The van der Waals surface area contributed by atoms with Crippen LogP contribution in [0.15, 0.2) is 47.4 Å². The van der Waals surface area contributed by atoms with E-state index in [-0.39, 0.29) is 10.8 Å². The lowest BCUT2D eigenvalue weighted by atomic mass is 9.98. The number of piperazine rings is 1. The average molecular weight is 457 g/mol. The maximum absolute atomic E-state index is 13.5. The fourth-order valence-corrected chi connectivity index (χ4v) is 5.70. The van der Waals surface area contributed by atoms with Gasteiger partial charge in [0.25, 0.3) is 15.9 Å². The first-order chi connectivity index (χ1) is 15.3. The predicted octanol–water partition coefficient (Wildman–Crippen LogP) is 3.08. The zero-order chi connectivity index (χ0) is 22.7. The molecule has 4 rings (SSSR count). The van der Waals surface area contributed by atoms with Gasteiger partial charge in [-0.1, -0.05) is 25.1 Å². The van der Waals surface area contributed by atoms with Crippen molar-refractivity contribution < 1.29 is 13.2 Å². The van der Waals surface area contributed by atoms with E-state index in [1.54, 1.807) is 37.3 Å². The highest BCUT2D eigenvalue weighted by Gasteiger charge is 2.26. The first-order valence-electron chi connectivity index (χ1n) is 11.3. The lowest BCUT2D eigenvalue weighted by Gasteiger charge is -2.34. The molecule has 1 amide bonds. The molecule has 2 saturated heterocycles. The summed E-state index contributed by atoms with van der Waals surface area (Å²) < 4.78 is 28.7. The van der Waals surface area contributed by atoms with E-state index in [0.717, 1.165) is 57.8 Å². The number of piperidine rings is 1. The molecular weight excluding hydrogens is 424 g/mol. The molecule has 0 unspecified atom stereocenters. The second-order valence-corrected chi connectivity index (χ2v) is 10.5. The first kappa shape index (κ1) is 22.6. The van der Waals surface area contributed by atoms with Crippen LogP contribution in [0, 0.1) is 12.8 Å². The summed E-state index contributed by atoms with van der Waals surface area (Å²) in [5, 5.41) is 3.34. The number of aryl methyl sites for hydroxylation is 1. The number of amides is 1. The summed E-state index contributed by atoms with van der Waals surface area (Å²) in [5.41, 5.74) is 2.51. The fourth-order valence-electron chi connectivity index (χ4n) is 4.40. The Morgan fingerprint density at radius 3 is 2.41 bits per heavy atom. The standard InChI is InChI=1S/C24H32N4O3S/c1-18-9-13-28(14-10-18)24(29)21-17-20(7-8-22(21)27-15-11-25-12-16-27)26-32(30,31)23-6-4-3-5-19(23)2/h3-8,17-18,25-26H,9-16H2,1-2H3. The minimum absolute atomic E-state index is 0.0256. The van der Waals surface area contributed by atoms with Crippen molar-refractivity contribution in [1.29, 1.82) is 0 Å². The molecule has 2 heterocycles. The van der Waals surface area contributed by atoms with Crippen molar-refractivity contribution >= 4 is 27.3 Å². The van der Waals surface area contributed by atoms with Crippen molar-refractivity contribution in [3.63, 3.8) is 0 Å². The topological polar surface area (TPSA) is 81.8 Å². The van der Waals surface area contributed by atoms with Crippen molar-refractivity contribution in [3.05, 3.63) is 53.6 Å².